The van der Waals surface area contributed by atoms with Crippen LogP contribution >= 0.6 is 11.8 Å². The Balaban J connectivity index is 1.32. The predicted octanol–water partition coefficient (Wildman–Crippen LogP) is 4.82. The van der Waals surface area contributed by atoms with Gasteiger partial charge in [0.1, 0.15) is 0 Å². The number of thioether (sulfide) groups is 1. The van der Waals surface area contributed by atoms with Gasteiger partial charge in [-0.2, -0.15) is 5.26 Å². The van der Waals surface area contributed by atoms with Gasteiger partial charge in [0, 0.05) is 12.3 Å². The third kappa shape index (κ3) is 7.40. The van der Waals surface area contributed by atoms with Crippen LogP contribution < -0.4 is 5.32 Å². The maximum absolute atomic E-state index is 12.1. The van der Waals surface area contributed by atoms with Gasteiger partial charge >= 0.3 is 0 Å². The van der Waals surface area contributed by atoms with E-state index in [0.717, 1.165) is 28.0 Å². The van der Waals surface area contributed by atoms with E-state index in [9.17, 15) is 4.79 Å². The molecule has 4 nitrogen and oxygen atoms in total. The van der Waals surface area contributed by atoms with Crippen LogP contribution in [0, 0.1) is 11.3 Å². The second-order valence-electron chi connectivity index (χ2n) is 6.87. The molecule has 0 aliphatic carbocycles. The minimum atomic E-state index is 0.0175. The van der Waals surface area contributed by atoms with Crippen LogP contribution in [0.2, 0.25) is 0 Å². The summed E-state index contributed by atoms with van der Waals surface area (Å²) >= 11 is 1.56. The summed E-state index contributed by atoms with van der Waals surface area (Å²) in [7, 11) is 0. The smallest absolute Gasteiger partial charge is 0.230 e. The highest BCUT2D eigenvalue weighted by Crippen LogP contribution is 2.13. The van der Waals surface area contributed by atoms with E-state index in [1.807, 2.05) is 54.6 Å². The summed E-state index contributed by atoms with van der Waals surface area (Å²) in [6, 6.07) is 27.8. The molecule has 3 rings (SSSR count). The molecule has 30 heavy (non-hydrogen) atoms. The lowest BCUT2D eigenvalue weighted by atomic mass is 10.1. The van der Waals surface area contributed by atoms with Crippen LogP contribution in [0.1, 0.15) is 27.8 Å². The molecule has 0 spiro atoms. The van der Waals surface area contributed by atoms with Gasteiger partial charge in [0.2, 0.25) is 5.91 Å². The van der Waals surface area contributed by atoms with Crippen molar-refractivity contribution in [2.75, 3.05) is 5.75 Å². The van der Waals surface area contributed by atoms with Gasteiger partial charge in [0.05, 0.1) is 30.6 Å². The van der Waals surface area contributed by atoms with E-state index in [4.69, 9.17) is 10.00 Å². The number of nitriles is 1. The second-order valence-corrected chi connectivity index (χ2v) is 7.86. The van der Waals surface area contributed by atoms with Crippen molar-refractivity contribution in [2.45, 2.75) is 25.5 Å². The molecule has 0 aromatic heterocycles. The molecular weight excluding hydrogens is 392 g/mol. The Morgan fingerprint density at radius 1 is 0.833 bits per heavy atom. The molecule has 0 aliphatic rings. The zero-order chi connectivity index (χ0) is 21.0. The fourth-order valence-electron chi connectivity index (χ4n) is 2.80. The Morgan fingerprint density at radius 2 is 1.43 bits per heavy atom. The molecule has 0 bridgehead atoms. The first kappa shape index (κ1) is 21.6. The van der Waals surface area contributed by atoms with Crippen LogP contribution in [0.3, 0.4) is 0 Å². The average Bonchev–Trinajstić information content (AvgIpc) is 2.80. The number of nitrogens with zero attached hydrogens (tertiary/aromatic N) is 1. The first-order valence-corrected chi connectivity index (χ1v) is 10.9. The number of benzene rings is 3. The van der Waals surface area contributed by atoms with Crippen molar-refractivity contribution in [3.05, 3.63) is 107 Å². The standard InChI is InChI=1S/C25H24N2O2S/c26-14-20-6-12-24(13-7-20)18-30-19-25(28)27-15-21-8-10-23(11-9-21)17-29-16-22-4-2-1-3-5-22/h1-13H,15-19H2,(H,27,28). The highest BCUT2D eigenvalue weighted by molar-refractivity contribution is 7.99. The van der Waals surface area contributed by atoms with E-state index >= 15 is 0 Å². The third-order valence-electron chi connectivity index (χ3n) is 4.48. The van der Waals surface area contributed by atoms with Gasteiger partial charge in [0.25, 0.3) is 0 Å². The Hall–Kier alpha value is -3.07. The maximum Gasteiger partial charge on any atom is 0.230 e. The first-order valence-electron chi connectivity index (χ1n) is 9.76. The fraction of sp³-hybridized carbons (Fsp3) is 0.200. The monoisotopic (exact) mass is 416 g/mol. The summed E-state index contributed by atoms with van der Waals surface area (Å²) in [5, 5.41) is 11.8. The molecule has 1 N–H and O–H groups in total. The molecule has 0 fully saturated rings. The van der Waals surface area contributed by atoms with Crippen molar-refractivity contribution in [2.24, 2.45) is 0 Å². The molecule has 152 valence electrons. The van der Waals surface area contributed by atoms with Crippen LogP contribution in [0.15, 0.2) is 78.9 Å². The highest BCUT2D eigenvalue weighted by atomic mass is 32.2. The molecule has 0 heterocycles. The van der Waals surface area contributed by atoms with Crippen LogP contribution in [0.5, 0.6) is 0 Å². The molecule has 0 radical (unpaired) electrons. The molecule has 0 unspecified atom stereocenters. The first-order chi connectivity index (χ1) is 14.7. The van der Waals surface area contributed by atoms with Gasteiger partial charge in [-0.25, -0.2) is 0 Å². The minimum absolute atomic E-state index is 0.0175. The van der Waals surface area contributed by atoms with Crippen molar-refractivity contribution in [3.8, 4) is 6.07 Å². The summed E-state index contributed by atoms with van der Waals surface area (Å²) < 4.78 is 5.75. The van der Waals surface area contributed by atoms with Gasteiger partial charge in [0.15, 0.2) is 0 Å². The SMILES string of the molecule is N#Cc1ccc(CSCC(=O)NCc2ccc(COCc3ccccc3)cc2)cc1. The van der Waals surface area contributed by atoms with Gasteiger partial charge < -0.3 is 10.1 Å². The number of nitrogens with one attached hydrogen (secondary N) is 1. The number of amides is 1. The van der Waals surface area contributed by atoms with E-state index in [2.05, 4.69) is 23.5 Å². The van der Waals surface area contributed by atoms with Crippen molar-refractivity contribution < 1.29 is 9.53 Å². The van der Waals surface area contributed by atoms with Crippen LogP contribution in [0.25, 0.3) is 0 Å². The van der Waals surface area contributed by atoms with Crippen molar-refractivity contribution in [1.82, 2.24) is 5.32 Å². The summed E-state index contributed by atoms with van der Waals surface area (Å²) in [6.07, 6.45) is 0. The Kier molecular flexibility index (Phi) is 8.52. The Bertz CT molecular complexity index is 965. The normalized spacial score (nSPS) is 10.4. The zero-order valence-electron chi connectivity index (χ0n) is 16.7. The lowest BCUT2D eigenvalue weighted by Gasteiger charge is -2.08. The Labute approximate surface area is 181 Å². The third-order valence-corrected chi connectivity index (χ3v) is 5.48. The van der Waals surface area contributed by atoms with Crippen LogP contribution in [-0.4, -0.2) is 11.7 Å². The number of rotatable bonds is 10. The van der Waals surface area contributed by atoms with Crippen molar-refractivity contribution in [3.63, 3.8) is 0 Å². The van der Waals surface area contributed by atoms with Gasteiger partial charge in [-0.1, -0.05) is 66.7 Å². The van der Waals surface area contributed by atoms with Gasteiger partial charge in [-0.05, 0) is 34.4 Å². The van der Waals surface area contributed by atoms with Crippen molar-refractivity contribution in [1.29, 1.82) is 5.26 Å². The molecule has 5 heteroatoms. The molecule has 3 aromatic carbocycles. The van der Waals surface area contributed by atoms with Crippen LogP contribution in [-0.2, 0) is 35.0 Å². The van der Waals surface area contributed by atoms with E-state index in [-0.39, 0.29) is 5.91 Å². The molecule has 0 saturated carbocycles. The summed E-state index contributed by atoms with van der Waals surface area (Å²) in [5.41, 5.74) is 5.09. The highest BCUT2D eigenvalue weighted by Gasteiger charge is 2.03. The quantitative estimate of drug-likeness (QED) is 0.514. The van der Waals surface area contributed by atoms with Crippen molar-refractivity contribution >= 4 is 17.7 Å². The molecule has 0 saturated heterocycles. The zero-order valence-corrected chi connectivity index (χ0v) is 17.5. The van der Waals surface area contributed by atoms with Gasteiger partial charge in [-0.15, -0.1) is 11.8 Å². The van der Waals surface area contributed by atoms with E-state index < -0.39 is 0 Å². The average molecular weight is 417 g/mol. The molecule has 1 amide bonds. The molecule has 0 atom stereocenters. The van der Waals surface area contributed by atoms with E-state index in [1.165, 1.54) is 0 Å². The predicted molar refractivity (Wildman–Crippen MR) is 121 cm³/mol. The topological polar surface area (TPSA) is 62.1 Å². The van der Waals surface area contributed by atoms with E-state index in [0.29, 0.717) is 31.1 Å². The summed E-state index contributed by atoms with van der Waals surface area (Å²) in [4.78, 5) is 12.1. The number of ether oxygens (including phenoxy) is 1. The maximum atomic E-state index is 12.1. The number of carbonyl (C=O) groups excluding carboxylic acids is 1. The van der Waals surface area contributed by atoms with E-state index in [1.54, 1.807) is 23.9 Å². The minimum Gasteiger partial charge on any atom is -0.372 e. The van der Waals surface area contributed by atoms with Gasteiger partial charge in [-0.3, -0.25) is 4.79 Å². The number of hydrogen-bond acceptors (Lipinski definition) is 4. The summed E-state index contributed by atoms with van der Waals surface area (Å²) in [6.45, 7) is 1.67. The molecule has 3 aromatic rings. The Morgan fingerprint density at radius 3 is 2.10 bits per heavy atom. The molecule has 0 aliphatic heterocycles. The number of hydrogen-bond donors (Lipinski definition) is 1. The lowest BCUT2D eigenvalue weighted by Crippen LogP contribution is -2.24. The lowest BCUT2D eigenvalue weighted by molar-refractivity contribution is -0.118. The van der Waals surface area contributed by atoms with Crippen LogP contribution in [0.4, 0.5) is 0 Å². The summed E-state index contributed by atoms with van der Waals surface area (Å²) in [5.74, 6) is 1.17. The second kappa shape index (κ2) is 11.8. The molecular formula is C25H24N2O2S. The fourth-order valence-corrected chi connectivity index (χ4v) is 3.62. The number of carbonyl (C=O) groups is 1. The largest absolute Gasteiger partial charge is 0.372 e.